The monoisotopic (exact) mass is 630 g/mol. The van der Waals surface area contributed by atoms with E-state index in [0.717, 1.165) is 5.92 Å². The van der Waals surface area contributed by atoms with Gasteiger partial charge in [-0.15, -0.1) is 0 Å². The maximum absolute atomic E-state index is 2.64. The van der Waals surface area contributed by atoms with Crippen LogP contribution in [0.4, 0.5) is 34.1 Å². The van der Waals surface area contributed by atoms with Gasteiger partial charge >= 0.3 is 0 Å². The molecule has 2 bridgehead atoms. The minimum absolute atomic E-state index is 0.0133. The molecule has 0 radical (unpaired) electrons. The molecule has 2 saturated carbocycles. The highest BCUT2D eigenvalue weighted by atomic mass is 15.2. The Bertz CT molecular complexity index is 2350. The van der Waals surface area contributed by atoms with Crippen molar-refractivity contribution in [3.8, 4) is 11.1 Å². The van der Waals surface area contributed by atoms with E-state index in [9.17, 15) is 0 Å². The molecule has 49 heavy (non-hydrogen) atoms. The lowest BCUT2D eigenvalue weighted by molar-refractivity contribution is 0.0990. The van der Waals surface area contributed by atoms with Crippen LogP contribution in [0.25, 0.3) is 11.1 Å². The molecular formula is C46H39BN2. The van der Waals surface area contributed by atoms with Crippen LogP contribution >= 0.6 is 0 Å². The fourth-order valence-electron chi connectivity index (χ4n) is 11.6. The Labute approximate surface area is 290 Å². The minimum atomic E-state index is 0.0133. The van der Waals surface area contributed by atoms with E-state index in [1.807, 2.05) is 0 Å². The molecule has 0 amide bonds. The third-order valence-electron chi connectivity index (χ3n) is 14.1. The molecule has 2 aliphatic heterocycles. The molecule has 0 saturated heterocycles. The van der Waals surface area contributed by atoms with Gasteiger partial charge < -0.3 is 9.80 Å². The zero-order valence-electron chi connectivity index (χ0n) is 28.4. The fraction of sp³-hybridized carbons (Fsp3) is 0.217. The Kier molecular flexibility index (Phi) is 5.33. The molecule has 0 aromatic heterocycles. The zero-order valence-corrected chi connectivity index (χ0v) is 28.4. The van der Waals surface area contributed by atoms with Crippen LogP contribution in [-0.2, 0) is 5.41 Å². The lowest BCUT2D eigenvalue weighted by atomic mass is 9.33. The molecule has 11 rings (SSSR count). The van der Waals surface area contributed by atoms with Gasteiger partial charge in [0, 0.05) is 45.1 Å². The molecule has 236 valence electrons. The van der Waals surface area contributed by atoms with Crippen molar-refractivity contribution in [1.82, 2.24) is 0 Å². The number of rotatable bonds is 2. The molecule has 2 heterocycles. The summed E-state index contributed by atoms with van der Waals surface area (Å²) >= 11 is 0. The zero-order chi connectivity index (χ0) is 32.7. The van der Waals surface area contributed by atoms with E-state index in [2.05, 4.69) is 170 Å². The van der Waals surface area contributed by atoms with Crippen molar-refractivity contribution in [2.45, 2.75) is 45.4 Å². The summed E-state index contributed by atoms with van der Waals surface area (Å²) in [6.45, 7) is 7.91. The Morgan fingerprint density at radius 3 is 1.92 bits per heavy atom. The van der Waals surface area contributed by atoms with Crippen LogP contribution in [0.5, 0.6) is 0 Å². The molecule has 1 spiro atoms. The number of anilines is 6. The van der Waals surface area contributed by atoms with Crippen LogP contribution < -0.4 is 26.2 Å². The van der Waals surface area contributed by atoms with Crippen molar-refractivity contribution in [1.29, 1.82) is 0 Å². The van der Waals surface area contributed by atoms with Crippen molar-refractivity contribution < 1.29 is 0 Å². The Morgan fingerprint density at radius 1 is 0.571 bits per heavy atom. The fourth-order valence-corrected chi connectivity index (χ4v) is 11.6. The first-order valence-electron chi connectivity index (χ1n) is 18.2. The molecule has 0 N–H and O–H groups in total. The number of fused-ring (bicyclic) bond motifs is 13. The highest BCUT2D eigenvalue weighted by Crippen LogP contribution is 2.78. The van der Waals surface area contributed by atoms with Gasteiger partial charge in [0.25, 0.3) is 6.71 Å². The SMILES string of the molecule is CC1(C)C2CCC1(C)C1(C2)c2ccccc2-c2c1ccc1c2N(c2ccccc2)c2cccc3c2B1c1ccccc1N3c1ccccc1. The van der Waals surface area contributed by atoms with E-state index in [4.69, 9.17) is 0 Å². The summed E-state index contributed by atoms with van der Waals surface area (Å²) in [4.78, 5) is 5.10. The summed E-state index contributed by atoms with van der Waals surface area (Å²) in [6.07, 6.45) is 3.87. The highest BCUT2D eigenvalue weighted by molar-refractivity contribution is 7.00. The topological polar surface area (TPSA) is 6.48 Å². The molecule has 3 unspecified atom stereocenters. The van der Waals surface area contributed by atoms with Crippen LogP contribution in [0.1, 0.15) is 51.2 Å². The first-order valence-corrected chi connectivity index (χ1v) is 18.2. The van der Waals surface area contributed by atoms with E-state index >= 15 is 0 Å². The largest absolute Gasteiger partial charge is 0.311 e. The second-order valence-electron chi connectivity index (χ2n) is 15.9. The van der Waals surface area contributed by atoms with Crippen LogP contribution in [0, 0.1) is 16.7 Å². The summed E-state index contributed by atoms with van der Waals surface area (Å²) in [6, 6.07) is 52.7. The summed E-state index contributed by atoms with van der Waals surface area (Å²) in [5.41, 5.74) is 18.2. The predicted octanol–water partition coefficient (Wildman–Crippen LogP) is 9.88. The molecule has 3 atom stereocenters. The first-order chi connectivity index (χ1) is 24.0. The summed E-state index contributed by atoms with van der Waals surface area (Å²) in [5, 5.41) is 0. The van der Waals surface area contributed by atoms with Gasteiger partial charge in [-0.1, -0.05) is 118 Å². The standard InChI is InChI=1S/C46H39BN2/c1-44(2)30-27-28-45(44,3)46(29-30)34-20-11-10-19-33(34)41-35(46)25-26-37-43(41)49(32-17-8-5-9-18-32)40-24-14-23-39-42(40)47(37)36-21-12-13-22-38(36)48(39)31-15-6-4-7-16-31/h4-26,30H,27-29H2,1-3H3. The van der Waals surface area contributed by atoms with Crippen LogP contribution in [-0.4, -0.2) is 6.71 Å². The number of hydrogen-bond acceptors (Lipinski definition) is 2. The molecule has 6 aromatic rings. The molecule has 6 aromatic carbocycles. The molecule has 2 nitrogen and oxygen atoms in total. The van der Waals surface area contributed by atoms with Gasteiger partial charge in [0.05, 0.1) is 0 Å². The van der Waals surface area contributed by atoms with Gasteiger partial charge in [-0.3, -0.25) is 0 Å². The Balaban J connectivity index is 1.26. The highest BCUT2D eigenvalue weighted by Gasteiger charge is 2.71. The van der Waals surface area contributed by atoms with E-state index in [1.165, 1.54) is 80.9 Å². The predicted molar refractivity (Wildman–Crippen MR) is 206 cm³/mol. The molecular weight excluding hydrogens is 591 g/mol. The van der Waals surface area contributed by atoms with Gasteiger partial charge in [-0.2, -0.15) is 0 Å². The van der Waals surface area contributed by atoms with Crippen LogP contribution in [0.15, 0.2) is 140 Å². The van der Waals surface area contributed by atoms with E-state index < -0.39 is 0 Å². The third-order valence-corrected chi connectivity index (χ3v) is 14.1. The molecule has 3 heteroatoms. The molecule has 5 aliphatic rings. The van der Waals surface area contributed by atoms with Crippen molar-refractivity contribution >= 4 is 57.2 Å². The van der Waals surface area contributed by atoms with Gasteiger partial charge in [-0.25, -0.2) is 0 Å². The number of nitrogens with zero attached hydrogens (tertiary/aromatic N) is 2. The van der Waals surface area contributed by atoms with Crippen molar-refractivity contribution in [2.24, 2.45) is 16.7 Å². The van der Waals surface area contributed by atoms with Crippen LogP contribution in [0.3, 0.4) is 0 Å². The maximum atomic E-state index is 2.64. The summed E-state index contributed by atoms with van der Waals surface area (Å²) in [7, 11) is 0. The van der Waals surface area contributed by atoms with Gasteiger partial charge in [0.15, 0.2) is 0 Å². The summed E-state index contributed by atoms with van der Waals surface area (Å²) in [5.74, 6) is 0.732. The van der Waals surface area contributed by atoms with E-state index in [0.29, 0.717) is 0 Å². The van der Waals surface area contributed by atoms with E-state index in [1.54, 1.807) is 11.1 Å². The van der Waals surface area contributed by atoms with Crippen molar-refractivity contribution in [3.63, 3.8) is 0 Å². The van der Waals surface area contributed by atoms with Crippen molar-refractivity contribution in [3.05, 3.63) is 151 Å². The number of para-hydroxylation sites is 3. The quantitative estimate of drug-likeness (QED) is 0.176. The first kappa shape index (κ1) is 27.9. The lowest BCUT2D eigenvalue weighted by Gasteiger charge is -2.49. The van der Waals surface area contributed by atoms with Gasteiger partial charge in [-0.05, 0) is 112 Å². The average Bonchev–Trinajstić information content (AvgIpc) is 3.63. The second kappa shape index (κ2) is 9.36. The smallest absolute Gasteiger partial charge is 0.252 e. The molecule has 2 fully saturated rings. The number of benzene rings is 6. The third kappa shape index (κ3) is 3.17. The Morgan fingerprint density at radius 2 is 1.20 bits per heavy atom. The molecule has 3 aliphatic carbocycles. The lowest BCUT2D eigenvalue weighted by Crippen LogP contribution is -2.61. The van der Waals surface area contributed by atoms with Crippen LogP contribution in [0.2, 0.25) is 0 Å². The normalized spacial score (nSPS) is 24.4. The number of hydrogen-bond donors (Lipinski definition) is 0. The second-order valence-corrected chi connectivity index (χ2v) is 15.9. The van der Waals surface area contributed by atoms with E-state index in [-0.39, 0.29) is 23.0 Å². The maximum Gasteiger partial charge on any atom is 0.252 e. The Hall–Kier alpha value is -5.02. The minimum Gasteiger partial charge on any atom is -0.311 e. The van der Waals surface area contributed by atoms with Gasteiger partial charge in [0.2, 0.25) is 0 Å². The van der Waals surface area contributed by atoms with Gasteiger partial charge in [0.1, 0.15) is 0 Å². The average molecular weight is 631 g/mol. The summed E-state index contributed by atoms with van der Waals surface area (Å²) < 4.78 is 0. The van der Waals surface area contributed by atoms with Crippen molar-refractivity contribution in [2.75, 3.05) is 9.80 Å².